The first-order valence-corrected chi connectivity index (χ1v) is 9.02. The van der Waals surface area contributed by atoms with Crippen molar-refractivity contribution in [1.29, 1.82) is 0 Å². The third-order valence-corrected chi connectivity index (χ3v) is 4.87. The highest BCUT2D eigenvalue weighted by molar-refractivity contribution is 6.31. The summed E-state index contributed by atoms with van der Waals surface area (Å²) in [6, 6.07) is 11.8. The second-order valence-corrected chi connectivity index (χ2v) is 6.80. The molecule has 1 atom stereocenters. The fourth-order valence-corrected chi connectivity index (χ4v) is 3.23. The van der Waals surface area contributed by atoms with E-state index in [0.717, 1.165) is 11.3 Å². The van der Waals surface area contributed by atoms with E-state index >= 15 is 0 Å². The number of halogens is 2. The van der Waals surface area contributed by atoms with Gasteiger partial charge in [0.1, 0.15) is 11.6 Å². The summed E-state index contributed by atoms with van der Waals surface area (Å²) < 4.78 is 18.4. The number of ether oxygens (including phenoxy) is 1. The number of benzene rings is 2. The van der Waals surface area contributed by atoms with Gasteiger partial charge in [-0.1, -0.05) is 23.7 Å². The standard InChI is InChI=1S/C20H20ClFN2O3/c1-27-16-5-2-13(3-6-16)8-9-23-20(26)14-10-19(25)24(12-14)15-4-7-18(22)17(21)11-15/h2-7,11,14H,8-10,12H2,1H3,(H,23,26). The van der Waals surface area contributed by atoms with Crippen LogP contribution in [0.3, 0.4) is 0 Å². The van der Waals surface area contributed by atoms with Gasteiger partial charge >= 0.3 is 0 Å². The smallest absolute Gasteiger partial charge is 0.227 e. The molecule has 0 bridgehead atoms. The number of amides is 2. The Labute approximate surface area is 162 Å². The second-order valence-electron chi connectivity index (χ2n) is 6.39. The van der Waals surface area contributed by atoms with E-state index in [1.54, 1.807) is 7.11 Å². The number of carbonyl (C=O) groups is 2. The van der Waals surface area contributed by atoms with E-state index in [-0.39, 0.29) is 29.8 Å². The van der Waals surface area contributed by atoms with Crippen LogP contribution in [-0.2, 0) is 16.0 Å². The van der Waals surface area contributed by atoms with Crippen molar-refractivity contribution in [1.82, 2.24) is 5.32 Å². The second kappa shape index (κ2) is 8.39. The minimum absolute atomic E-state index is 0.0484. The third-order valence-electron chi connectivity index (χ3n) is 4.58. The van der Waals surface area contributed by atoms with Gasteiger partial charge in [0.2, 0.25) is 11.8 Å². The molecule has 5 nitrogen and oxygen atoms in total. The van der Waals surface area contributed by atoms with Crippen LogP contribution in [0.4, 0.5) is 10.1 Å². The lowest BCUT2D eigenvalue weighted by Crippen LogP contribution is -2.34. The summed E-state index contributed by atoms with van der Waals surface area (Å²) in [6.45, 7) is 0.743. The van der Waals surface area contributed by atoms with Crippen molar-refractivity contribution in [2.45, 2.75) is 12.8 Å². The van der Waals surface area contributed by atoms with Crippen LogP contribution in [-0.4, -0.2) is 32.0 Å². The van der Waals surface area contributed by atoms with Crippen LogP contribution in [0, 0.1) is 11.7 Å². The molecule has 142 valence electrons. The average Bonchev–Trinajstić information content (AvgIpc) is 3.06. The quantitative estimate of drug-likeness (QED) is 0.824. The average molecular weight is 391 g/mol. The Balaban J connectivity index is 1.53. The molecule has 1 fully saturated rings. The molecule has 2 amide bonds. The maximum atomic E-state index is 13.3. The number of methoxy groups -OCH3 is 1. The SMILES string of the molecule is COc1ccc(CCNC(=O)C2CC(=O)N(c3ccc(F)c(Cl)c3)C2)cc1. The Morgan fingerprint density at radius 2 is 2.04 bits per heavy atom. The van der Waals surface area contributed by atoms with Gasteiger partial charge in [0.25, 0.3) is 0 Å². The van der Waals surface area contributed by atoms with E-state index in [9.17, 15) is 14.0 Å². The zero-order chi connectivity index (χ0) is 19.4. The molecule has 0 aliphatic carbocycles. The van der Waals surface area contributed by atoms with E-state index in [1.165, 1.54) is 23.1 Å². The molecule has 1 aliphatic rings. The Morgan fingerprint density at radius 3 is 2.70 bits per heavy atom. The summed E-state index contributed by atoms with van der Waals surface area (Å²) >= 11 is 5.78. The van der Waals surface area contributed by atoms with E-state index in [2.05, 4.69) is 5.32 Å². The fourth-order valence-electron chi connectivity index (χ4n) is 3.05. The van der Waals surface area contributed by atoms with Gasteiger partial charge in [-0.05, 0) is 42.3 Å². The van der Waals surface area contributed by atoms with Gasteiger partial charge < -0.3 is 15.0 Å². The van der Waals surface area contributed by atoms with Crippen molar-refractivity contribution in [3.05, 3.63) is 58.9 Å². The highest BCUT2D eigenvalue weighted by Gasteiger charge is 2.35. The summed E-state index contributed by atoms with van der Waals surface area (Å²) in [6.07, 6.45) is 0.817. The van der Waals surface area contributed by atoms with Gasteiger partial charge in [0.05, 0.1) is 18.1 Å². The van der Waals surface area contributed by atoms with Crippen molar-refractivity contribution in [3.63, 3.8) is 0 Å². The van der Waals surface area contributed by atoms with Gasteiger partial charge in [0.15, 0.2) is 0 Å². The van der Waals surface area contributed by atoms with Gasteiger partial charge in [-0.2, -0.15) is 0 Å². The first-order chi connectivity index (χ1) is 13.0. The van der Waals surface area contributed by atoms with Crippen molar-refractivity contribution < 1.29 is 18.7 Å². The summed E-state index contributed by atoms with van der Waals surface area (Å²) in [5.74, 6) is -0.522. The first kappa shape index (κ1) is 19.2. The number of nitrogens with one attached hydrogen (secondary N) is 1. The lowest BCUT2D eigenvalue weighted by Gasteiger charge is -2.17. The highest BCUT2D eigenvalue weighted by Crippen LogP contribution is 2.28. The van der Waals surface area contributed by atoms with E-state index < -0.39 is 11.7 Å². The number of rotatable bonds is 6. The molecule has 3 rings (SSSR count). The minimum atomic E-state index is -0.542. The molecular weight excluding hydrogens is 371 g/mol. The Bertz CT molecular complexity index is 842. The zero-order valence-corrected chi connectivity index (χ0v) is 15.6. The molecule has 1 saturated heterocycles. The maximum Gasteiger partial charge on any atom is 0.227 e. The van der Waals surface area contributed by atoms with Crippen molar-refractivity contribution in [3.8, 4) is 5.75 Å². The lowest BCUT2D eigenvalue weighted by atomic mass is 10.1. The number of anilines is 1. The van der Waals surface area contributed by atoms with Crippen molar-refractivity contribution in [2.75, 3.05) is 25.1 Å². The molecule has 0 radical (unpaired) electrons. The van der Waals surface area contributed by atoms with Gasteiger partial charge in [-0.15, -0.1) is 0 Å². The van der Waals surface area contributed by atoms with Crippen LogP contribution in [0.2, 0.25) is 5.02 Å². The van der Waals surface area contributed by atoms with E-state index in [0.29, 0.717) is 18.7 Å². The van der Waals surface area contributed by atoms with Gasteiger partial charge in [-0.3, -0.25) is 9.59 Å². The summed E-state index contributed by atoms with van der Waals surface area (Å²) in [5.41, 5.74) is 1.58. The van der Waals surface area contributed by atoms with Crippen LogP contribution in [0.25, 0.3) is 0 Å². The van der Waals surface area contributed by atoms with Crippen LogP contribution in [0.1, 0.15) is 12.0 Å². The molecule has 2 aromatic rings. The van der Waals surface area contributed by atoms with Gasteiger partial charge in [-0.25, -0.2) is 4.39 Å². The molecule has 1 unspecified atom stereocenters. The summed E-state index contributed by atoms with van der Waals surface area (Å²) in [5, 5.41) is 2.83. The Hall–Kier alpha value is -2.60. The van der Waals surface area contributed by atoms with Crippen LogP contribution in [0.5, 0.6) is 5.75 Å². The molecule has 0 saturated carbocycles. The van der Waals surface area contributed by atoms with Crippen LogP contribution in [0.15, 0.2) is 42.5 Å². The predicted molar refractivity (Wildman–Crippen MR) is 102 cm³/mol. The number of hydrogen-bond acceptors (Lipinski definition) is 3. The molecule has 27 heavy (non-hydrogen) atoms. The normalized spacial score (nSPS) is 16.5. The molecule has 2 aromatic carbocycles. The number of nitrogens with zero attached hydrogens (tertiary/aromatic N) is 1. The van der Waals surface area contributed by atoms with E-state index in [1.807, 2.05) is 24.3 Å². The lowest BCUT2D eigenvalue weighted by molar-refractivity contribution is -0.126. The van der Waals surface area contributed by atoms with Gasteiger partial charge in [0, 0.05) is 25.2 Å². The predicted octanol–water partition coefficient (Wildman–Crippen LogP) is 3.20. The largest absolute Gasteiger partial charge is 0.497 e. The van der Waals surface area contributed by atoms with Crippen LogP contribution >= 0.6 is 11.6 Å². The minimum Gasteiger partial charge on any atom is -0.497 e. The first-order valence-electron chi connectivity index (χ1n) is 8.64. The molecular formula is C20H20ClFN2O3. The van der Waals surface area contributed by atoms with Crippen molar-refractivity contribution >= 4 is 29.1 Å². The maximum absolute atomic E-state index is 13.3. The van der Waals surface area contributed by atoms with Crippen molar-refractivity contribution in [2.24, 2.45) is 5.92 Å². The summed E-state index contributed by atoms with van der Waals surface area (Å²) in [7, 11) is 1.61. The molecule has 0 spiro atoms. The fraction of sp³-hybridized carbons (Fsp3) is 0.300. The Kier molecular flexibility index (Phi) is 5.96. The number of hydrogen-bond donors (Lipinski definition) is 1. The zero-order valence-electron chi connectivity index (χ0n) is 14.9. The van der Waals surface area contributed by atoms with E-state index in [4.69, 9.17) is 16.3 Å². The summed E-state index contributed by atoms with van der Waals surface area (Å²) in [4.78, 5) is 26.1. The molecule has 1 N–H and O–H groups in total. The molecule has 7 heteroatoms. The Morgan fingerprint density at radius 1 is 1.30 bits per heavy atom. The monoisotopic (exact) mass is 390 g/mol. The highest BCUT2D eigenvalue weighted by atomic mass is 35.5. The molecule has 1 aliphatic heterocycles. The third kappa shape index (κ3) is 4.57. The number of carbonyl (C=O) groups excluding carboxylic acids is 2. The topological polar surface area (TPSA) is 58.6 Å². The molecule has 0 aromatic heterocycles. The molecule has 1 heterocycles. The van der Waals surface area contributed by atoms with Crippen LogP contribution < -0.4 is 15.0 Å².